The molecule has 0 aliphatic heterocycles. The molecule has 6 heteroatoms. The number of methoxy groups -OCH3 is 1. The largest absolute Gasteiger partial charge is 0.467 e. The molecule has 1 aromatic carbocycles. The van der Waals surface area contributed by atoms with Crippen molar-refractivity contribution in [1.82, 2.24) is 9.88 Å². The highest BCUT2D eigenvalue weighted by molar-refractivity contribution is 6.07. The summed E-state index contributed by atoms with van der Waals surface area (Å²) >= 11 is 0. The van der Waals surface area contributed by atoms with Gasteiger partial charge >= 0.3 is 5.97 Å². The fraction of sp³-hybridized carbons (Fsp3) is 0.389. The number of aromatic nitrogens is 1. The van der Waals surface area contributed by atoms with Crippen molar-refractivity contribution >= 4 is 22.6 Å². The lowest BCUT2D eigenvalue weighted by molar-refractivity contribution is -0.143. The number of aryl methyl sites for hydroxylation is 1. The fourth-order valence-corrected chi connectivity index (χ4v) is 2.66. The molecule has 0 unspecified atom stereocenters. The Bertz CT molecular complexity index is 823. The van der Waals surface area contributed by atoms with Crippen LogP contribution in [0.3, 0.4) is 0 Å². The van der Waals surface area contributed by atoms with E-state index < -0.39 is 17.9 Å². The first kappa shape index (κ1) is 17.7. The molecular formula is C18H22N2O4. The molecule has 1 amide bonds. The van der Waals surface area contributed by atoms with E-state index in [1.807, 2.05) is 13.8 Å². The molecule has 0 aliphatic rings. The zero-order chi connectivity index (χ0) is 17.9. The second kappa shape index (κ2) is 7.29. The second-order valence-electron chi connectivity index (χ2n) is 6.18. The van der Waals surface area contributed by atoms with Crippen LogP contribution in [0.4, 0.5) is 0 Å². The number of benzene rings is 1. The zero-order valence-corrected chi connectivity index (χ0v) is 14.3. The smallest absolute Gasteiger partial charge is 0.328 e. The molecule has 1 aromatic heterocycles. The molecular weight excluding hydrogens is 308 g/mol. The van der Waals surface area contributed by atoms with Gasteiger partial charge in [0.15, 0.2) is 0 Å². The van der Waals surface area contributed by atoms with Gasteiger partial charge in [0.05, 0.1) is 12.7 Å². The van der Waals surface area contributed by atoms with Gasteiger partial charge in [0.25, 0.3) is 11.5 Å². The maximum absolute atomic E-state index is 12.7. The van der Waals surface area contributed by atoms with Gasteiger partial charge in [-0.05, 0) is 18.4 Å². The van der Waals surface area contributed by atoms with Crippen molar-refractivity contribution in [3.8, 4) is 0 Å². The van der Waals surface area contributed by atoms with Crippen LogP contribution in [0, 0.1) is 5.92 Å². The first-order chi connectivity index (χ1) is 11.3. The zero-order valence-electron chi connectivity index (χ0n) is 14.3. The van der Waals surface area contributed by atoms with Crippen LogP contribution in [0.5, 0.6) is 0 Å². The molecule has 1 heterocycles. The van der Waals surface area contributed by atoms with Gasteiger partial charge in [0.1, 0.15) is 6.04 Å². The van der Waals surface area contributed by atoms with E-state index in [2.05, 4.69) is 5.32 Å². The number of esters is 1. The van der Waals surface area contributed by atoms with Crippen molar-refractivity contribution in [1.29, 1.82) is 0 Å². The summed E-state index contributed by atoms with van der Waals surface area (Å²) in [5.74, 6) is -0.671. The van der Waals surface area contributed by atoms with Gasteiger partial charge in [0.2, 0.25) is 0 Å². The molecule has 6 nitrogen and oxygen atoms in total. The lowest BCUT2D eigenvalue weighted by atomic mass is 10.0. The van der Waals surface area contributed by atoms with Crippen LogP contribution in [0.25, 0.3) is 10.8 Å². The normalized spacial score (nSPS) is 12.2. The summed E-state index contributed by atoms with van der Waals surface area (Å²) in [6.45, 7) is 3.92. The monoisotopic (exact) mass is 330 g/mol. The van der Waals surface area contributed by atoms with E-state index in [-0.39, 0.29) is 11.5 Å². The summed E-state index contributed by atoms with van der Waals surface area (Å²) in [7, 11) is 2.89. The van der Waals surface area contributed by atoms with Gasteiger partial charge in [-0.15, -0.1) is 0 Å². The number of fused-ring (bicyclic) bond motifs is 1. The minimum Gasteiger partial charge on any atom is -0.467 e. The van der Waals surface area contributed by atoms with Gasteiger partial charge in [-0.3, -0.25) is 9.59 Å². The maximum atomic E-state index is 12.7. The predicted molar refractivity (Wildman–Crippen MR) is 91.9 cm³/mol. The van der Waals surface area contributed by atoms with Crippen molar-refractivity contribution < 1.29 is 14.3 Å². The molecule has 2 rings (SSSR count). The molecule has 1 N–H and O–H groups in total. The number of rotatable bonds is 5. The minimum atomic E-state index is -0.724. The van der Waals surface area contributed by atoms with Crippen LogP contribution < -0.4 is 10.9 Å². The highest BCUT2D eigenvalue weighted by atomic mass is 16.5. The molecule has 1 atom stereocenters. The van der Waals surface area contributed by atoms with Gasteiger partial charge in [0, 0.05) is 24.0 Å². The molecule has 0 radical (unpaired) electrons. The third-order valence-electron chi connectivity index (χ3n) is 3.83. The third-order valence-corrected chi connectivity index (χ3v) is 3.83. The summed E-state index contributed by atoms with van der Waals surface area (Å²) in [6, 6.07) is 6.20. The standard InChI is InChI=1S/C18H22N2O4/c1-11(2)9-15(18(23)24-4)19-16(21)14-10-20(3)17(22)13-8-6-5-7-12(13)14/h5-8,10-11,15H,9H2,1-4H3,(H,19,21)/t15-/m1/s1. The summed E-state index contributed by atoms with van der Waals surface area (Å²) in [5.41, 5.74) is 0.180. The summed E-state index contributed by atoms with van der Waals surface area (Å²) in [5, 5.41) is 3.75. The number of carbonyl (C=O) groups excluding carboxylic acids is 2. The minimum absolute atomic E-state index is 0.172. The van der Waals surface area contributed by atoms with Crippen molar-refractivity contribution in [3.05, 3.63) is 46.4 Å². The highest BCUT2D eigenvalue weighted by Crippen LogP contribution is 2.16. The first-order valence-electron chi connectivity index (χ1n) is 7.82. The number of carbonyl (C=O) groups is 2. The Labute approximate surface area is 140 Å². The average Bonchev–Trinajstić information content (AvgIpc) is 2.56. The molecule has 0 saturated heterocycles. The molecule has 0 fully saturated rings. The fourth-order valence-electron chi connectivity index (χ4n) is 2.66. The van der Waals surface area contributed by atoms with Crippen LogP contribution in [-0.2, 0) is 16.6 Å². The quantitative estimate of drug-likeness (QED) is 0.849. The molecule has 0 bridgehead atoms. The van der Waals surface area contributed by atoms with E-state index in [4.69, 9.17) is 4.74 Å². The topological polar surface area (TPSA) is 77.4 Å². The Hall–Kier alpha value is -2.63. The second-order valence-corrected chi connectivity index (χ2v) is 6.18. The van der Waals surface area contributed by atoms with Gasteiger partial charge in [-0.1, -0.05) is 32.0 Å². The molecule has 0 aliphatic carbocycles. The van der Waals surface area contributed by atoms with Crippen LogP contribution in [0.15, 0.2) is 35.3 Å². The van der Waals surface area contributed by atoms with Crippen LogP contribution in [0.2, 0.25) is 0 Å². The maximum Gasteiger partial charge on any atom is 0.328 e. The van der Waals surface area contributed by atoms with Crippen molar-refractivity contribution in [3.63, 3.8) is 0 Å². The lowest BCUT2D eigenvalue weighted by Crippen LogP contribution is -2.42. The van der Waals surface area contributed by atoms with E-state index >= 15 is 0 Å². The number of nitrogens with one attached hydrogen (secondary N) is 1. The Morgan fingerprint density at radius 1 is 1.21 bits per heavy atom. The third kappa shape index (κ3) is 3.64. The van der Waals surface area contributed by atoms with Crippen LogP contribution in [0.1, 0.15) is 30.6 Å². The van der Waals surface area contributed by atoms with E-state index in [1.54, 1.807) is 31.3 Å². The summed E-state index contributed by atoms with van der Waals surface area (Å²) in [4.78, 5) is 36.8. The van der Waals surface area contributed by atoms with Gasteiger partial charge < -0.3 is 14.6 Å². The van der Waals surface area contributed by atoms with Gasteiger partial charge in [-0.25, -0.2) is 4.79 Å². The summed E-state index contributed by atoms with van der Waals surface area (Å²) < 4.78 is 6.14. The first-order valence-corrected chi connectivity index (χ1v) is 7.82. The van der Waals surface area contributed by atoms with E-state index in [1.165, 1.54) is 17.9 Å². The van der Waals surface area contributed by atoms with E-state index in [0.29, 0.717) is 22.8 Å². The van der Waals surface area contributed by atoms with Gasteiger partial charge in [-0.2, -0.15) is 0 Å². The molecule has 24 heavy (non-hydrogen) atoms. The van der Waals surface area contributed by atoms with E-state index in [0.717, 1.165) is 0 Å². The SMILES string of the molecule is COC(=O)[C@@H](CC(C)C)NC(=O)c1cn(C)c(=O)c2ccccc12. The number of ether oxygens (including phenoxy) is 1. The highest BCUT2D eigenvalue weighted by Gasteiger charge is 2.24. The van der Waals surface area contributed by atoms with Crippen LogP contribution >= 0.6 is 0 Å². The number of amides is 1. The number of nitrogens with zero attached hydrogens (tertiary/aromatic N) is 1. The average molecular weight is 330 g/mol. The van der Waals surface area contributed by atoms with Crippen molar-refractivity contribution in [2.45, 2.75) is 26.3 Å². The number of pyridine rings is 1. The molecule has 128 valence electrons. The molecule has 0 saturated carbocycles. The molecule has 0 spiro atoms. The summed E-state index contributed by atoms with van der Waals surface area (Å²) in [6.07, 6.45) is 1.96. The van der Waals surface area contributed by atoms with Crippen molar-refractivity contribution in [2.75, 3.05) is 7.11 Å². The predicted octanol–water partition coefficient (Wildman–Crippen LogP) is 1.86. The Kier molecular flexibility index (Phi) is 5.39. The molecule has 2 aromatic rings. The van der Waals surface area contributed by atoms with Crippen LogP contribution in [-0.4, -0.2) is 29.6 Å². The Morgan fingerprint density at radius 2 is 1.83 bits per heavy atom. The Balaban J connectivity index is 2.42. The lowest BCUT2D eigenvalue weighted by Gasteiger charge is -2.19. The number of hydrogen-bond donors (Lipinski definition) is 1. The number of hydrogen-bond acceptors (Lipinski definition) is 4. The Morgan fingerprint density at radius 3 is 2.42 bits per heavy atom. The van der Waals surface area contributed by atoms with Crippen molar-refractivity contribution in [2.24, 2.45) is 13.0 Å². The van der Waals surface area contributed by atoms with E-state index in [9.17, 15) is 14.4 Å².